The third-order valence-electron chi connectivity index (χ3n) is 1.95. The van der Waals surface area contributed by atoms with E-state index in [1.54, 1.807) is 32.9 Å². The van der Waals surface area contributed by atoms with Crippen LogP contribution >= 0.6 is 15.9 Å². The van der Waals surface area contributed by atoms with E-state index in [1.807, 2.05) is 0 Å². The molecule has 1 aromatic rings. The molecule has 18 heavy (non-hydrogen) atoms. The number of esters is 2. The van der Waals surface area contributed by atoms with Gasteiger partial charge in [0.05, 0.1) is 18.2 Å². The first kappa shape index (κ1) is 14.7. The van der Waals surface area contributed by atoms with Crippen molar-refractivity contribution in [1.82, 2.24) is 0 Å². The lowest BCUT2D eigenvalue weighted by molar-refractivity contribution is 0.00694. The quantitative estimate of drug-likeness (QED) is 0.787. The van der Waals surface area contributed by atoms with Gasteiger partial charge in [-0.25, -0.2) is 9.59 Å². The molecule has 0 saturated carbocycles. The molecule has 0 aliphatic rings. The van der Waals surface area contributed by atoms with Crippen molar-refractivity contribution in [3.8, 4) is 0 Å². The van der Waals surface area contributed by atoms with Crippen molar-refractivity contribution in [3.05, 3.63) is 33.8 Å². The molecule has 0 aliphatic heterocycles. The van der Waals surface area contributed by atoms with E-state index in [1.165, 1.54) is 13.2 Å². The number of hydrogen-bond acceptors (Lipinski definition) is 4. The van der Waals surface area contributed by atoms with Crippen LogP contribution in [0.3, 0.4) is 0 Å². The highest BCUT2D eigenvalue weighted by atomic mass is 79.9. The average Bonchev–Trinajstić information content (AvgIpc) is 2.24. The predicted octanol–water partition coefficient (Wildman–Crippen LogP) is 3.19. The third-order valence-corrected chi connectivity index (χ3v) is 2.41. The van der Waals surface area contributed by atoms with Gasteiger partial charge in [-0.1, -0.05) is 15.9 Å². The summed E-state index contributed by atoms with van der Waals surface area (Å²) < 4.78 is 10.5. The van der Waals surface area contributed by atoms with Crippen molar-refractivity contribution in [2.24, 2.45) is 0 Å². The molecule has 0 heterocycles. The summed E-state index contributed by atoms with van der Waals surface area (Å²) in [6, 6.07) is 4.63. The molecule has 0 radical (unpaired) electrons. The van der Waals surface area contributed by atoms with Crippen LogP contribution in [-0.2, 0) is 9.47 Å². The summed E-state index contributed by atoms with van der Waals surface area (Å²) in [5.41, 5.74) is 0.0256. The Labute approximate surface area is 114 Å². The molecule has 0 bridgehead atoms. The fraction of sp³-hybridized carbons (Fsp3) is 0.385. The van der Waals surface area contributed by atoms with E-state index in [-0.39, 0.29) is 0 Å². The molecule has 0 amide bonds. The van der Waals surface area contributed by atoms with Gasteiger partial charge in [0.1, 0.15) is 5.60 Å². The molecule has 0 saturated heterocycles. The van der Waals surface area contributed by atoms with Gasteiger partial charge in [-0.05, 0) is 39.0 Å². The molecule has 0 aliphatic carbocycles. The van der Waals surface area contributed by atoms with Crippen LogP contribution in [0.15, 0.2) is 22.7 Å². The summed E-state index contributed by atoms with van der Waals surface area (Å²) in [4.78, 5) is 23.3. The highest BCUT2D eigenvalue weighted by molar-refractivity contribution is 9.10. The summed E-state index contributed by atoms with van der Waals surface area (Å²) in [7, 11) is 1.29. The molecule has 5 heteroatoms. The minimum absolute atomic E-state index is 0.299. The summed E-state index contributed by atoms with van der Waals surface area (Å²) in [6.45, 7) is 5.35. The van der Waals surface area contributed by atoms with Crippen LogP contribution in [0.25, 0.3) is 0 Å². The lowest BCUT2D eigenvalue weighted by Gasteiger charge is -2.19. The van der Waals surface area contributed by atoms with Gasteiger partial charge < -0.3 is 9.47 Å². The smallest absolute Gasteiger partial charge is 0.338 e. The van der Waals surface area contributed by atoms with Crippen molar-refractivity contribution in [1.29, 1.82) is 0 Å². The molecule has 0 fully saturated rings. The van der Waals surface area contributed by atoms with Crippen LogP contribution < -0.4 is 0 Å². The molecule has 1 rings (SSSR count). The zero-order valence-corrected chi connectivity index (χ0v) is 12.3. The zero-order valence-electron chi connectivity index (χ0n) is 10.7. The number of hydrogen-bond donors (Lipinski definition) is 0. The van der Waals surface area contributed by atoms with Gasteiger partial charge in [-0.15, -0.1) is 0 Å². The average molecular weight is 315 g/mol. The summed E-state index contributed by atoms with van der Waals surface area (Å²) in [5.74, 6) is -0.977. The molecule has 98 valence electrons. The second kappa shape index (κ2) is 5.52. The first-order valence-electron chi connectivity index (χ1n) is 5.35. The maximum atomic E-state index is 11.9. The van der Waals surface area contributed by atoms with Crippen LogP contribution in [0.5, 0.6) is 0 Å². The van der Waals surface area contributed by atoms with Crippen molar-refractivity contribution in [3.63, 3.8) is 0 Å². The first-order valence-corrected chi connectivity index (χ1v) is 6.14. The second-order valence-electron chi connectivity index (χ2n) is 4.72. The maximum Gasteiger partial charge on any atom is 0.338 e. The Morgan fingerprint density at radius 1 is 1.06 bits per heavy atom. The molecule has 0 aromatic heterocycles. The van der Waals surface area contributed by atoms with Gasteiger partial charge in [0.25, 0.3) is 0 Å². The molecule has 1 aromatic carbocycles. The van der Waals surface area contributed by atoms with Gasteiger partial charge >= 0.3 is 11.9 Å². The molecule has 0 spiro atoms. The Kier molecular flexibility index (Phi) is 4.51. The maximum absolute atomic E-state index is 11.9. The third kappa shape index (κ3) is 4.14. The Morgan fingerprint density at radius 2 is 1.56 bits per heavy atom. The summed E-state index contributed by atoms with van der Waals surface area (Å²) in [6.07, 6.45) is 0. The molecule has 4 nitrogen and oxygen atoms in total. The largest absolute Gasteiger partial charge is 0.465 e. The molecule has 0 atom stereocenters. The number of carbonyl (C=O) groups is 2. The van der Waals surface area contributed by atoms with E-state index in [2.05, 4.69) is 20.7 Å². The monoisotopic (exact) mass is 314 g/mol. The van der Waals surface area contributed by atoms with Gasteiger partial charge in [0.15, 0.2) is 0 Å². The minimum Gasteiger partial charge on any atom is -0.465 e. The van der Waals surface area contributed by atoms with E-state index in [4.69, 9.17) is 4.74 Å². The zero-order chi connectivity index (χ0) is 13.9. The molecular weight excluding hydrogens is 300 g/mol. The van der Waals surface area contributed by atoms with Crippen molar-refractivity contribution in [2.75, 3.05) is 7.11 Å². The van der Waals surface area contributed by atoms with E-state index in [0.29, 0.717) is 15.6 Å². The molecule has 0 unspecified atom stereocenters. The van der Waals surface area contributed by atoms with Crippen LogP contribution in [0.4, 0.5) is 0 Å². The molecular formula is C13H15BrO4. The van der Waals surface area contributed by atoms with Gasteiger partial charge in [-0.2, -0.15) is 0 Å². The summed E-state index contributed by atoms with van der Waals surface area (Å²) >= 11 is 3.24. The van der Waals surface area contributed by atoms with Crippen LogP contribution in [0.1, 0.15) is 41.5 Å². The van der Waals surface area contributed by atoms with Crippen molar-refractivity contribution in [2.45, 2.75) is 26.4 Å². The topological polar surface area (TPSA) is 52.6 Å². The Bertz CT molecular complexity index is 474. The van der Waals surface area contributed by atoms with Crippen molar-refractivity contribution >= 4 is 27.9 Å². The number of rotatable bonds is 2. The second-order valence-corrected chi connectivity index (χ2v) is 5.64. The minimum atomic E-state index is -0.579. The van der Waals surface area contributed by atoms with Gasteiger partial charge in [0.2, 0.25) is 0 Å². The van der Waals surface area contributed by atoms with E-state index in [9.17, 15) is 9.59 Å². The Morgan fingerprint density at radius 3 is 2.00 bits per heavy atom. The normalized spacial score (nSPS) is 10.9. The molecule has 0 N–H and O–H groups in total. The van der Waals surface area contributed by atoms with Crippen LogP contribution in [-0.4, -0.2) is 24.6 Å². The predicted molar refractivity (Wildman–Crippen MR) is 70.7 cm³/mol. The van der Waals surface area contributed by atoms with E-state index < -0.39 is 17.5 Å². The van der Waals surface area contributed by atoms with E-state index in [0.717, 1.165) is 0 Å². The van der Waals surface area contributed by atoms with Gasteiger partial charge in [0, 0.05) is 4.47 Å². The number of carbonyl (C=O) groups excluding carboxylic acids is 2. The van der Waals surface area contributed by atoms with Crippen molar-refractivity contribution < 1.29 is 19.1 Å². The van der Waals surface area contributed by atoms with Crippen LogP contribution in [0.2, 0.25) is 0 Å². The van der Waals surface area contributed by atoms with Gasteiger partial charge in [-0.3, -0.25) is 0 Å². The fourth-order valence-corrected chi connectivity index (χ4v) is 1.77. The Balaban J connectivity index is 3.06. The lowest BCUT2D eigenvalue weighted by Crippen LogP contribution is -2.24. The lowest BCUT2D eigenvalue weighted by atomic mass is 10.1. The first-order chi connectivity index (χ1) is 8.23. The SMILES string of the molecule is COC(=O)c1cc(Br)cc(C(=O)OC(C)(C)C)c1. The number of methoxy groups -OCH3 is 1. The van der Waals surface area contributed by atoms with E-state index >= 15 is 0 Å². The highest BCUT2D eigenvalue weighted by Gasteiger charge is 2.19. The fourth-order valence-electron chi connectivity index (χ4n) is 1.28. The summed E-state index contributed by atoms with van der Waals surface area (Å²) in [5, 5.41) is 0. The number of halogens is 1. The Hall–Kier alpha value is -1.36. The van der Waals surface area contributed by atoms with Crippen LogP contribution in [0, 0.1) is 0 Å². The number of benzene rings is 1. The highest BCUT2D eigenvalue weighted by Crippen LogP contribution is 2.19. The standard InChI is InChI=1S/C13H15BrO4/c1-13(2,3)18-12(16)9-5-8(11(15)17-4)6-10(14)7-9/h5-7H,1-4H3. The number of ether oxygens (including phenoxy) is 2.